The van der Waals surface area contributed by atoms with Crippen LogP contribution in [0.3, 0.4) is 0 Å². The summed E-state index contributed by atoms with van der Waals surface area (Å²) >= 11 is 0. The van der Waals surface area contributed by atoms with Crippen LogP contribution in [-0.2, 0) is 9.53 Å². The number of urea groups is 1. The third-order valence-corrected chi connectivity index (χ3v) is 5.88. The summed E-state index contributed by atoms with van der Waals surface area (Å²) in [6.45, 7) is 2.92. The summed E-state index contributed by atoms with van der Waals surface area (Å²) in [5.41, 5.74) is 2.54. The molecule has 0 radical (unpaired) electrons. The van der Waals surface area contributed by atoms with Crippen LogP contribution in [0.25, 0.3) is 0 Å². The number of hydrogen-bond donors (Lipinski definition) is 1. The van der Waals surface area contributed by atoms with E-state index in [9.17, 15) is 9.59 Å². The van der Waals surface area contributed by atoms with E-state index in [2.05, 4.69) is 5.32 Å². The van der Waals surface area contributed by atoms with E-state index in [1.165, 1.54) is 9.91 Å². The lowest BCUT2D eigenvalue weighted by Crippen LogP contribution is -2.47. The van der Waals surface area contributed by atoms with Crippen molar-refractivity contribution >= 4 is 17.6 Å². The molecule has 2 aromatic carbocycles. The van der Waals surface area contributed by atoms with Gasteiger partial charge in [0.15, 0.2) is 11.5 Å². The van der Waals surface area contributed by atoms with E-state index in [1.807, 2.05) is 49.4 Å². The van der Waals surface area contributed by atoms with Crippen molar-refractivity contribution in [2.45, 2.75) is 19.4 Å². The summed E-state index contributed by atoms with van der Waals surface area (Å²) in [7, 11) is 3.17. The Bertz CT molecular complexity index is 1090. The van der Waals surface area contributed by atoms with Crippen molar-refractivity contribution in [3.05, 3.63) is 53.6 Å². The molecule has 2 aromatic rings. The Morgan fingerprint density at radius 1 is 1.14 bits per heavy atom. The molecular weight excluding hydrogens is 452 g/mol. The highest BCUT2D eigenvalue weighted by Crippen LogP contribution is 2.39. The van der Waals surface area contributed by atoms with E-state index in [1.54, 1.807) is 14.2 Å². The first-order valence-electron chi connectivity index (χ1n) is 11.5. The fourth-order valence-electron chi connectivity index (χ4n) is 4.03. The normalized spacial score (nSPS) is 16.1. The minimum atomic E-state index is -0.354. The van der Waals surface area contributed by atoms with Crippen molar-refractivity contribution in [2.24, 2.45) is 5.10 Å². The number of hydrogen-bond acceptors (Lipinski definition) is 7. The monoisotopic (exact) mass is 482 g/mol. The zero-order chi connectivity index (χ0) is 24.8. The number of carbonyl (C=O) groups excluding carboxylic acids is 2. The van der Waals surface area contributed by atoms with Gasteiger partial charge in [0.25, 0.3) is 5.91 Å². The smallest absolute Gasteiger partial charge is 0.317 e. The number of ether oxygens (including phenoxy) is 4. The lowest BCUT2D eigenvalue weighted by molar-refractivity contribution is -0.133. The number of benzene rings is 2. The van der Waals surface area contributed by atoms with Gasteiger partial charge in [0, 0.05) is 26.6 Å². The summed E-state index contributed by atoms with van der Waals surface area (Å²) in [6.07, 6.45) is 0.511. The molecule has 2 aliphatic heterocycles. The number of fused-ring (bicyclic) bond motifs is 1. The molecule has 2 aliphatic rings. The number of rotatable bonds is 9. The highest BCUT2D eigenvalue weighted by molar-refractivity contribution is 6.03. The van der Waals surface area contributed by atoms with Crippen LogP contribution >= 0.6 is 0 Å². The summed E-state index contributed by atoms with van der Waals surface area (Å²) in [5.74, 6) is 1.75. The molecule has 0 spiro atoms. The van der Waals surface area contributed by atoms with Crippen LogP contribution < -0.4 is 19.5 Å². The molecule has 2 heterocycles. The Hall–Kier alpha value is -3.79. The maximum Gasteiger partial charge on any atom is 0.317 e. The third-order valence-electron chi connectivity index (χ3n) is 5.88. The quantitative estimate of drug-likeness (QED) is 0.590. The van der Waals surface area contributed by atoms with Crippen molar-refractivity contribution in [1.82, 2.24) is 15.2 Å². The van der Waals surface area contributed by atoms with E-state index in [4.69, 9.17) is 24.0 Å². The summed E-state index contributed by atoms with van der Waals surface area (Å²) in [5, 5.41) is 8.92. The first-order valence-corrected chi connectivity index (χ1v) is 11.5. The van der Waals surface area contributed by atoms with Gasteiger partial charge < -0.3 is 29.2 Å². The van der Waals surface area contributed by atoms with Gasteiger partial charge in [0.1, 0.15) is 12.3 Å². The van der Waals surface area contributed by atoms with Gasteiger partial charge in [-0.2, -0.15) is 5.10 Å². The molecular formula is C25H30N4O6. The van der Waals surface area contributed by atoms with E-state index in [-0.39, 0.29) is 37.9 Å². The SMILES string of the molecule is CCNC(=O)N(CCOC)CC(=O)N1N=C(c2ccc(OC)cc2)CC1c1ccc2c(c1)OCO2. The number of nitrogens with zero attached hydrogens (tertiary/aromatic N) is 3. The number of carbonyl (C=O) groups is 2. The van der Waals surface area contributed by atoms with Gasteiger partial charge in [-0.15, -0.1) is 0 Å². The predicted molar refractivity (Wildman–Crippen MR) is 129 cm³/mol. The number of nitrogens with one attached hydrogen (secondary N) is 1. The topological polar surface area (TPSA) is 102 Å². The zero-order valence-corrected chi connectivity index (χ0v) is 20.2. The molecule has 3 amide bonds. The van der Waals surface area contributed by atoms with E-state index < -0.39 is 0 Å². The lowest BCUT2D eigenvalue weighted by Gasteiger charge is -2.27. The second kappa shape index (κ2) is 11.1. The first-order chi connectivity index (χ1) is 17.0. The number of amides is 3. The van der Waals surface area contributed by atoms with Crippen LogP contribution in [0.2, 0.25) is 0 Å². The third kappa shape index (κ3) is 5.48. The molecule has 0 bridgehead atoms. The molecule has 10 heteroatoms. The second-order valence-corrected chi connectivity index (χ2v) is 8.10. The van der Waals surface area contributed by atoms with Crippen LogP contribution in [0.5, 0.6) is 17.2 Å². The van der Waals surface area contributed by atoms with Crippen LogP contribution in [0.4, 0.5) is 4.79 Å². The van der Waals surface area contributed by atoms with Gasteiger partial charge in [-0.05, 0) is 54.4 Å². The molecule has 0 fully saturated rings. The molecule has 1 unspecified atom stereocenters. The molecule has 0 aliphatic carbocycles. The average molecular weight is 483 g/mol. The van der Waals surface area contributed by atoms with Gasteiger partial charge in [-0.25, -0.2) is 9.80 Å². The molecule has 1 N–H and O–H groups in total. The number of hydrazone groups is 1. The van der Waals surface area contributed by atoms with E-state index >= 15 is 0 Å². The zero-order valence-electron chi connectivity index (χ0n) is 20.2. The fraction of sp³-hybridized carbons (Fsp3) is 0.400. The minimum Gasteiger partial charge on any atom is -0.497 e. The second-order valence-electron chi connectivity index (χ2n) is 8.10. The maximum atomic E-state index is 13.5. The van der Waals surface area contributed by atoms with Crippen molar-refractivity contribution in [1.29, 1.82) is 0 Å². The van der Waals surface area contributed by atoms with E-state index in [0.29, 0.717) is 31.1 Å². The summed E-state index contributed by atoms with van der Waals surface area (Å²) in [6, 6.07) is 12.5. The van der Waals surface area contributed by atoms with Crippen molar-refractivity contribution < 1.29 is 28.5 Å². The highest BCUT2D eigenvalue weighted by Gasteiger charge is 2.35. The molecule has 1 atom stereocenters. The van der Waals surface area contributed by atoms with Gasteiger partial charge in [0.05, 0.1) is 25.5 Å². The Morgan fingerprint density at radius 3 is 2.63 bits per heavy atom. The Kier molecular flexibility index (Phi) is 7.71. The van der Waals surface area contributed by atoms with Crippen molar-refractivity contribution in [3.8, 4) is 17.2 Å². The number of methoxy groups -OCH3 is 2. The van der Waals surface area contributed by atoms with Crippen LogP contribution in [0.1, 0.15) is 30.5 Å². The molecule has 35 heavy (non-hydrogen) atoms. The van der Waals surface area contributed by atoms with Gasteiger partial charge in [-0.1, -0.05) is 6.07 Å². The Morgan fingerprint density at radius 2 is 1.91 bits per heavy atom. The van der Waals surface area contributed by atoms with Crippen LogP contribution in [-0.4, -0.2) is 74.8 Å². The average Bonchev–Trinajstić information content (AvgIpc) is 3.53. The molecule has 4 rings (SSSR count). The van der Waals surface area contributed by atoms with E-state index in [0.717, 1.165) is 22.6 Å². The van der Waals surface area contributed by atoms with Gasteiger partial charge >= 0.3 is 6.03 Å². The van der Waals surface area contributed by atoms with Crippen LogP contribution in [0, 0.1) is 0 Å². The largest absolute Gasteiger partial charge is 0.497 e. The van der Waals surface area contributed by atoms with Crippen molar-refractivity contribution in [2.75, 3.05) is 47.3 Å². The molecule has 0 saturated carbocycles. The fourth-order valence-corrected chi connectivity index (χ4v) is 4.03. The lowest BCUT2D eigenvalue weighted by atomic mass is 9.98. The molecule has 186 valence electrons. The standard InChI is InChI=1S/C25H30N4O6/c1-4-26-25(31)28(11-12-32-2)15-24(30)29-21(18-7-10-22-23(13-18)35-16-34-22)14-20(27-29)17-5-8-19(33-3)9-6-17/h5-10,13,21H,4,11-12,14-16H2,1-3H3,(H,26,31). The summed E-state index contributed by atoms with van der Waals surface area (Å²) in [4.78, 5) is 27.5. The van der Waals surface area contributed by atoms with Crippen LogP contribution in [0.15, 0.2) is 47.6 Å². The molecule has 0 aromatic heterocycles. The Balaban J connectivity index is 1.62. The van der Waals surface area contributed by atoms with Gasteiger partial charge in [0.2, 0.25) is 6.79 Å². The molecule has 0 saturated heterocycles. The Labute approximate surface area is 204 Å². The highest BCUT2D eigenvalue weighted by atomic mass is 16.7. The predicted octanol–water partition coefficient (Wildman–Crippen LogP) is 2.78. The minimum absolute atomic E-state index is 0.129. The van der Waals surface area contributed by atoms with Gasteiger partial charge in [-0.3, -0.25) is 4.79 Å². The summed E-state index contributed by atoms with van der Waals surface area (Å²) < 4.78 is 21.4. The van der Waals surface area contributed by atoms with Crippen molar-refractivity contribution in [3.63, 3.8) is 0 Å². The maximum absolute atomic E-state index is 13.5. The molecule has 10 nitrogen and oxygen atoms in total. The first kappa shape index (κ1) is 24.3.